The van der Waals surface area contributed by atoms with Crippen molar-refractivity contribution in [1.29, 1.82) is 0 Å². The summed E-state index contributed by atoms with van der Waals surface area (Å²) < 4.78 is 24.6. The third-order valence-corrected chi connectivity index (χ3v) is 6.56. The Morgan fingerprint density at radius 1 is 0.889 bits per heavy atom. The van der Waals surface area contributed by atoms with Crippen molar-refractivity contribution >= 4 is 21.7 Å². The van der Waals surface area contributed by atoms with Crippen LogP contribution < -0.4 is 0 Å². The first kappa shape index (κ1) is 17.5. The number of carbonyl (C=O) groups excluding carboxylic acids is 2. The maximum atomic E-state index is 12.8. The van der Waals surface area contributed by atoms with Gasteiger partial charge in [0.25, 0.3) is 11.8 Å². The van der Waals surface area contributed by atoms with Gasteiger partial charge in [0.1, 0.15) is 11.4 Å². The molecule has 9 nitrogen and oxygen atoms in total. The summed E-state index contributed by atoms with van der Waals surface area (Å²) in [4.78, 5) is 40.7. The van der Waals surface area contributed by atoms with E-state index in [0.717, 1.165) is 0 Å². The first-order chi connectivity index (χ1) is 13.0. The van der Waals surface area contributed by atoms with Crippen molar-refractivity contribution in [2.24, 2.45) is 0 Å². The molecule has 140 valence electrons. The van der Waals surface area contributed by atoms with E-state index in [4.69, 9.17) is 0 Å². The summed E-state index contributed by atoms with van der Waals surface area (Å²) >= 11 is 0. The van der Waals surface area contributed by atoms with Crippen LogP contribution in [-0.4, -0.2) is 81.7 Å². The summed E-state index contributed by atoms with van der Waals surface area (Å²) in [5, 5.41) is 0. The molecule has 0 spiro atoms. The largest absolute Gasteiger partial charge is 0.329 e. The van der Waals surface area contributed by atoms with E-state index in [1.54, 1.807) is 18.2 Å². The molecule has 0 N–H and O–H groups in total. The number of nitrogens with zero attached hydrogens (tertiary/aromatic N) is 5. The molecule has 0 radical (unpaired) electrons. The fourth-order valence-corrected chi connectivity index (χ4v) is 5.63. The van der Waals surface area contributed by atoms with Gasteiger partial charge in [0.05, 0.1) is 29.8 Å². The zero-order valence-corrected chi connectivity index (χ0v) is 15.1. The Hall–Kier alpha value is -2.88. The molecule has 2 aromatic heterocycles. The topological polar surface area (TPSA) is 113 Å². The minimum atomic E-state index is -3.37. The highest BCUT2D eigenvalue weighted by Gasteiger charge is 2.49. The van der Waals surface area contributed by atoms with Crippen molar-refractivity contribution in [2.75, 3.05) is 24.6 Å². The van der Waals surface area contributed by atoms with Crippen LogP contribution in [0.25, 0.3) is 0 Å². The van der Waals surface area contributed by atoms with Gasteiger partial charge < -0.3 is 9.80 Å². The lowest BCUT2D eigenvalue weighted by Gasteiger charge is -2.43. The summed E-state index contributed by atoms with van der Waals surface area (Å²) in [6, 6.07) is 3.80. The van der Waals surface area contributed by atoms with Crippen molar-refractivity contribution in [3.8, 4) is 0 Å². The van der Waals surface area contributed by atoms with Gasteiger partial charge in [-0.05, 0) is 12.1 Å². The molecule has 2 aliphatic rings. The minimum Gasteiger partial charge on any atom is -0.329 e. The fraction of sp³-hybridized carbons (Fsp3) is 0.353. The molecule has 2 fully saturated rings. The van der Waals surface area contributed by atoms with Gasteiger partial charge in [0, 0.05) is 31.7 Å². The van der Waals surface area contributed by atoms with Crippen LogP contribution in [0, 0.1) is 0 Å². The van der Waals surface area contributed by atoms with Crippen LogP contribution in [0.2, 0.25) is 0 Å². The van der Waals surface area contributed by atoms with Crippen LogP contribution in [-0.2, 0) is 9.84 Å². The molecule has 0 unspecified atom stereocenters. The number of carbonyl (C=O) groups is 2. The number of amides is 2. The fourth-order valence-electron chi connectivity index (χ4n) is 3.65. The number of sulfone groups is 1. The summed E-state index contributed by atoms with van der Waals surface area (Å²) in [6.07, 6.45) is 5.75. The number of hydrogen-bond acceptors (Lipinski definition) is 7. The monoisotopic (exact) mass is 387 g/mol. The number of rotatable bonds is 2. The maximum absolute atomic E-state index is 12.8. The predicted octanol–water partition coefficient (Wildman–Crippen LogP) is -0.365. The van der Waals surface area contributed by atoms with E-state index in [-0.39, 0.29) is 47.8 Å². The Balaban J connectivity index is 1.64. The van der Waals surface area contributed by atoms with Gasteiger partial charge in [-0.25, -0.2) is 13.4 Å². The van der Waals surface area contributed by atoms with Crippen LogP contribution >= 0.6 is 0 Å². The Morgan fingerprint density at radius 2 is 1.52 bits per heavy atom. The first-order valence-electron chi connectivity index (χ1n) is 8.46. The lowest BCUT2D eigenvalue weighted by atomic mass is 10.0. The number of aromatic nitrogens is 3. The highest BCUT2D eigenvalue weighted by molar-refractivity contribution is 7.91. The van der Waals surface area contributed by atoms with Crippen molar-refractivity contribution in [3.05, 3.63) is 54.4 Å². The minimum absolute atomic E-state index is 0.157. The molecule has 0 bridgehead atoms. The molecule has 0 aliphatic carbocycles. The smallest absolute Gasteiger partial charge is 0.274 e. The van der Waals surface area contributed by atoms with Crippen molar-refractivity contribution in [1.82, 2.24) is 24.8 Å². The van der Waals surface area contributed by atoms with Crippen molar-refractivity contribution in [2.45, 2.75) is 12.1 Å². The average Bonchev–Trinajstić information content (AvgIpc) is 3.02. The van der Waals surface area contributed by atoms with Gasteiger partial charge >= 0.3 is 0 Å². The van der Waals surface area contributed by atoms with Gasteiger partial charge in [0.15, 0.2) is 9.84 Å². The van der Waals surface area contributed by atoms with Gasteiger partial charge in [-0.3, -0.25) is 19.6 Å². The lowest BCUT2D eigenvalue weighted by molar-refractivity contribution is 0.0274. The first-order valence-corrected chi connectivity index (χ1v) is 10.3. The van der Waals surface area contributed by atoms with E-state index in [9.17, 15) is 18.0 Å². The molecule has 0 aromatic carbocycles. The summed E-state index contributed by atoms with van der Waals surface area (Å²) in [5.74, 6) is -1.04. The van der Waals surface area contributed by atoms with Crippen LogP contribution in [0.1, 0.15) is 21.0 Å². The Bertz CT molecular complexity index is 894. The zero-order chi connectivity index (χ0) is 19.0. The molecule has 10 heteroatoms. The number of piperazine rings is 1. The highest BCUT2D eigenvalue weighted by Crippen LogP contribution is 2.28. The van der Waals surface area contributed by atoms with Crippen molar-refractivity contribution in [3.63, 3.8) is 0 Å². The van der Waals surface area contributed by atoms with Crippen molar-refractivity contribution < 1.29 is 18.0 Å². The predicted molar refractivity (Wildman–Crippen MR) is 94.6 cm³/mol. The molecular weight excluding hydrogens is 370 g/mol. The van der Waals surface area contributed by atoms with Gasteiger partial charge in [-0.2, -0.15) is 0 Å². The quantitative estimate of drug-likeness (QED) is 0.691. The van der Waals surface area contributed by atoms with E-state index >= 15 is 0 Å². The number of pyridine rings is 1. The van der Waals surface area contributed by atoms with Crippen LogP contribution in [0.5, 0.6) is 0 Å². The Labute approximate surface area is 156 Å². The van der Waals surface area contributed by atoms with Crippen LogP contribution in [0.4, 0.5) is 0 Å². The van der Waals surface area contributed by atoms with Crippen LogP contribution in [0.15, 0.2) is 43.0 Å². The van der Waals surface area contributed by atoms with Gasteiger partial charge in [-0.1, -0.05) is 6.07 Å². The Kier molecular flexibility index (Phi) is 4.34. The molecule has 2 atom stereocenters. The van der Waals surface area contributed by atoms with E-state index < -0.39 is 21.9 Å². The normalized spacial score (nSPS) is 23.7. The van der Waals surface area contributed by atoms with E-state index in [2.05, 4.69) is 15.0 Å². The van der Waals surface area contributed by atoms with Crippen LogP contribution in [0.3, 0.4) is 0 Å². The molecule has 2 aromatic rings. The number of fused-ring (bicyclic) bond motifs is 1. The second-order valence-corrected chi connectivity index (χ2v) is 8.67. The molecule has 27 heavy (non-hydrogen) atoms. The van der Waals surface area contributed by atoms with E-state index in [0.29, 0.717) is 0 Å². The highest BCUT2D eigenvalue weighted by atomic mass is 32.2. The third-order valence-electron chi connectivity index (χ3n) is 4.86. The summed E-state index contributed by atoms with van der Waals surface area (Å²) in [7, 11) is -3.37. The zero-order valence-electron chi connectivity index (χ0n) is 14.3. The molecule has 2 aliphatic heterocycles. The maximum Gasteiger partial charge on any atom is 0.274 e. The van der Waals surface area contributed by atoms with E-state index in [1.807, 2.05) is 0 Å². The average molecular weight is 387 g/mol. The number of hydrogen-bond donors (Lipinski definition) is 0. The second kappa shape index (κ2) is 6.69. The second-order valence-electron chi connectivity index (χ2n) is 6.51. The molecule has 4 heterocycles. The standard InChI is InChI=1S/C17H17N5O4S/c23-16(12-3-1-2-4-19-12)21-7-8-22(15-11-27(25,26)10-14(15)21)17(24)13-9-18-5-6-20-13/h1-6,9,14-15H,7-8,10-11H2/t14-,15+/m1/s1. The molecule has 4 rings (SSSR count). The molecular formula is C17H17N5O4S. The summed E-state index contributed by atoms with van der Waals surface area (Å²) in [5.41, 5.74) is 0.416. The van der Waals surface area contributed by atoms with Gasteiger partial charge in [0.2, 0.25) is 0 Å². The lowest BCUT2D eigenvalue weighted by Crippen LogP contribution is -2.62. The van der Waals surface area contributed by atoms with E-state index in [1.165, 1.54) is 34.6 Å². The molecule has 0 saturated carbocycles. The molecule has 2 amide bonds. The SMILES string of the molecule is O=C(c1ccccn1)N1CCN(C(=O)c2cnccn2)[C@H]2CS(=O)(=O)C[C@H]21. The van der Waals surface area contributed by atoms with Gasteiger partial charge in [-0.15, -0.1) is 0 Å². The summed E-state index contributed by atoms with van der Waals surface area (Å²) in [6.45, 7) is 0.461. The third kappa shape index (κ3) is 3.27. The Morgan fingerprint density at radius 3 is 2.07 bits per heavy atom. The molecule has 2 saturated heterocycles.